The van der Waals surface area contributed by atoms with E-state index in [1.807, 2.05) is 12.1 Å². The molecule has 3 rings (SSSR count). The van der Waals surface area contributed by atoms with Gasteiger partial charge in [0.2, 0.25) is 10.0 Å². The van der Waals surface area contributed by atoms with Crippen LogP contribution in [0.15, 0.2) is 66.0 Å². The molecule has 6 nitrogen and oxygen atoms in total. The molecule has 25 heavy (non-hydrogen) atoms. The Bertz CT molecular complexity index is 1020. The second-order valence-electron chi connectivity index (χ2n) is 4.99. The Hall–Kier alpha value is -2.95. The van der Waals surface area contributed by atoms with Gasteiger partial charge in [0.05, 0.1) is 18.3 Å². The Labute approximate surface area is 145 Å². The molecule has 7 heteroatoms. The van der Waals surface area contributed by atoms with E-state index in [1.165, 1.54) is 6.07 Å². The van der Waals surface area contributed by atoms with Crippen molar-refractivity contribution in [1.29, 1.82) is 0 Å². The first-order chi connectivity index (χ1) is 12.2. The van der Waals surface area contributed by atoms with Gasteiger partial charge in [-0.3, -0.25) is 9.97 Å². The average Bonchev–Trinajstić information content (AvgIpc) is 2.65. The highest BCUT2D eigenvalue weighted by Gasteiger charge is 2.16. The smallest absolute Gasteiger partial charge is 0.243 e. The van der Waals surface area contributed by atoms with Crippen molar-refractivity contribution >= 4 is 20.9 Å². The van der Waals surface area contributed by atoms with E-state index in [1.54, 1.807) is 42.9 Å². The van der Waals surface area contributed by atoms with Crippen LogP contribution in [-0.4, -0.2) is 31.5 Å². The third-order valence-electron chi connectivity index (χ3n) is 3.31. The van der Waals surface area contributed by atoms with E-state index >= 15 is 0 Å². The highest BCUT2D eigenvalue weighted by Crippen LogP contribution is 2.20. The Morgan fingerprint density at radius 1 is 1.04 bits per heavy atom. The zero-order chi connectivity index (χ0) is 17.5. The molecular weight excluding hydrogens is 338 g/mol. The number of ether oxygens (including phenoxy) is 1. The molecule has 1 N–H and O–H groups in total. The second kappa shape index (κ2) is 7.75. The van der Waals surface area contributed by atoms with Gasteiger partial charge in [-0.25, -0.2) is 8.42 Å². The first-order valence-corrected chi connectivity index (χ1v) is 8.97. The highest BCUT2D eigenvalue weighted by molar-refractivity contribution is 7.89. The van der Waals surface area contributed by atoms with Crippen LogP contribution in [-0.2, 0) is 10.0 Å². The van der Waals surface area contributed by atoms with Crippen LogP contribution in [0.1, 0.15) is 0 Å². The summed E-state index contributed by atoms with van der Waals surface area (Å²) >= 11 is 0. The number of benzene rings is 1. The molecule has 0 spiro atoms. The molecule has 0 saturated heterocycles. The van der Waals surface area contributed by atoms with Crippen LogP contribution in [0.5, 0.6) is 5.75 Å². The molecule has 2 aromatic heterocycles. The lowest BCUT2D eigenvalue weighted by atomic mass is 10.2. The van der Waals surface area contributed by atoms with Crippen molar-refractivity contribution in [3.63, 3.8) is 0 Å². The van der Waals surface area contributed by atoms with Gasteiger partial charge >= 0.3 is 0 Å². The zero-order valence-electron chi connectivity index (χ0n) is 13.2. The van der Waals surface area contributed by atoms with Gasteiger partial charge in [0.15, 0.2) is 0 Å². The number of para-hydroxylation sites is 1. The summed E-state index contributed by atoms with van der Waals surface area (Å²) in [6.07, 6.45) is 4.80. The molecule has 0 unspecified atom stereocenters. The lowest BCUT2D eigenvalue weighted by Gasteiger charge is -2.06. The lowest BCUT2D eigenvalue weighted by Crippen LogP contribution is -2.24. The van der Waals surface area contributed by atoms with Crippen molar-refractivity contribution in [2.75, 3.05) is 13.2 Å². The van der Waals surface area contributed by atoms with Crippen molar-refractivity contribution in [2.45, 2.75) is 4.90 Å². The first kappa shape index (κ1) is 16.9. The second-order valence-corrected chi connectivity index (χ2v) is 6.72. The number of hydrogen-bond donors (Lipinski definition) is 1. The number of rotatable bonds is 5. The fourth-order valence-corrected chi connectivity index (χ4v) is 3.27. The van der Waals surface area contributed by atoms with Crippen LogP contribution in [0.2, 0.25) is 0 Å². The van der Waals surface area contributed by atoms with Crippen LogP contribution in [0.4, 0.5) is 0 Å². The van der Waals surface area contributed by atoms with Crippen LogP contribution in [0.25, 0.3) is 10.9 Å². The first-order valence-electron chi connectivity index (χ1n) is 7.49. The molecule has 0 aliphatic heterocycles. The minimum absolute atomic E-state index is 0.0120. The minimum atomic E-state index is -3.69. The molecule has 0 atom stereocenters. The highest BCUT2D eigenvalue weighted by atomic mass is 32.2. The van der Waals surface area contributed by atoms with Gasteiger partial charge in [0.25, 0.3) is 0 Å². The van der Waals surface area contributed by atoms with Crippen LogP contribution >= 0.6 is 0 Å². The fourth-order valence-electron chi connectivity index (χ4n) is 2.17. The number of hydrogen-bond acceptors (Lipinski definition) is 5. The van der Waals surface area contributed by atoms with E-state index in [-0.39, 0.29) is 18.0 Å². The largest absolute Gasteiger partial charge is 0.479 e. The monoisotopic (exact) mass is 353 g/mol. The summed E-state index contributed by atoms with van der Waals surface area (Å²) in [7, 11) is -3.69. The van der Waals surface area contributed by atoms with Gasteiger partial charge in [-0.1, -0.05) is 30.0 Å². The third kappa shape index (κ3) is 4.32. The summed E-state index contributed by atoms with van der Waals surface area (Å²) in [6.45, 7) is 0.144. The summed E-state index contributed by atoms with van der Waals surface area (Å²) < 4.78 is 32.7. The van der Waals surface area contributed by atoms with E-state index in [0.717, 1.165) is 5.39 Å². The zero-order valence-corrected chi connectivity index (χ0v) is 14.0. The summed E-state index contributed by atoms with van der Waals surface area (Å²) in [5.41, 5.74) is 0.436. The number of nitrogens with one attached hydrogen (secondary N) is 1. The van der Waals surface area contributed by atoms with Gasteiger partial charge in [0.1, 0.15) is 17.3 Å². The average molecular weight is 353 g/mol. The van der Waals surface area contributed by atoms with Crippen molar-refractivity contribution in [3.05, 3.63) is 61.1 Å². The normalized spacial score (nSPS) is 10.9. The third-order valence-corrected chi connectivity index (χ3v) is 4.74. The van der Waals surface area contributed by atoms with E-state index in [4.69, 9.17) is 4.74 Å². The van der Waals surface area contributed by atoms with E-state index in [0.29, 0.717) is 11.3 Å². The van der Waals surface area contributed by atoms with Gasteiger partial charge in [-0.05, 0) is 24.3 Å². The summed E-state index contributed by atoms with van der Waals surface area (Å²) in [4.78, 5) is 8.22. The molecule has 3 aromatic rings. The SMILES string of the molecule is O=S(=O)(NCC#CCOc1cccnc1)c1cccc2cccnc12. The number of nitrogens with zero attached hydrogens (tertiary/aromatic N) is 2. The number of sulfonamides is 1. The van der Waals surface area contributed by atoms with Gasteiger partial charge in [-0.15, -0.1) is 0 Å². The maximum absolute atomic E-state index is 12.4. The van der Waals surface area contributed by atoms with E-state index < -0.39 is 10.0 Å². The molecule has 1 aromatic carbocycles. The molecule has 0 amide bonds. The fraction of sp³-hybridized carbons (Fsp3) is 0.111. The Morgan fingerprint density at radius 3 is 2.72 bits per heavy atom. The van der Waals surface area contributed by atoms with E-state index in [2.05, 4.69) is 26.5 Å². The standard InChI is InChI=1S/C18H15N3O3S/c22-25(23,17-9-3-6-15-7-4-11-20-18(15)17)21-12-1-2-13-24-16-8-5-10-19-14-16/h3-11,14,21H,12-13H2. The minimum Gasteiger partial charge on any atom is -0.479 e. The van der Waals surface area contributed by atoms with Crippen molar-refractivity contribution < 1.29 is 13.2 Å². The van der Waals surface area contributed by atoms with Crippen molar-refractivity contribution in [3.8, 4) is 17.6 Å². The summed E-state index contributed by atoms with van der Waals surface area (Å²) in [6, 6.07) is 12.1. The van der Waals surface area contributed by atoms with E-state index in [9.17, 15) is 8.42 Å². The topological polar surface area (TPSA) is 81.2 Å². The Balaban J connectivity index is 1.62. The molecule has 0 aliphatic carbocycles. The molecule has 2 heterocycles. The van der Waals surface area contributed by atoms with Crippen LogP contribution < -0.4 is 9.46 Å². The Kier molecular flexibility index (Phi) is 5.23. The maximum atomic E-state index is 12.4. The number of aromatic nitrogens is 2. The molecule has 0 saturated carbocycles. The molecular formula is C18H15N3O3S. The van der Waals surface area contributed by atoms with Gasteiger partial charge in [0, 0.05) is 17.8 Å². The van der Waals surface area contributed by atoms with Gasteiger partial charge < -0.3 is 4.74 Å². The predicted octanol–water partition coefficient (Wildman–Crippen LogP) is 1.99. The summed E-state index contributed by atoms with van der Waals surface area (Å²) in [5.74, 6) is 6.09. The van der Waals surface area contributed by atoms with Crippen LogP contribution in [0, 0.1) is 11.8 Å². The molecule has 0 aliphatic rings. The Morgan fingerprint density at radius 2 is 1.88 bits per heavy atom. The summed E-state index contributed by atoms with van der Waals surface area (Å²) in [5, 5.41) is 0.765. The predicted molar refractivity (Wildman–Crippen MR) is 94.4 cm³/mol. The lowest BCUT2D eigenvalue weighted by molar-refractivity contribution is 0.368. The van der Waals surface area contributed by atoms with Crippen LogP contribution in [0.3, 0.4) is 0 Å². The van der Waals surface area contributed by atoms with Crippen molar-refractivity contribution in [2.24, 2.45) is 0 Å². The number of fused-ring (bicyclic) bond motifs is 1. The quantitative estimate of drug-likeness (QED) is 0.710. The maximum Gasteiger partial charge on any atom is 0.243 e. The molecule has 0 fully saturated rings. The molecule has 126 valence electrons. The van der Waals surface area contributed by atoms with Crippen molar-refractivity contribution in [1.82, 2.24) is 14.7 Å². The molecule has 0 bridgehead atoms. The number of pyridine rings is 2. The molecule has 0 radical (unpaired) electrons. The van der Waals surface area contributed by atoms with Gasteiger partial charge in [-0.2, -0.15) is 4.72 Å².